The predicted molar refractivity (Wildman–Crippen MR) is 78.8 cm³/mol. The molecule has 20 heavy (non-hydrogen) atoms. The Hall–Kier alpha value is -1.81. The van der Waals surface area contributed by atoms with E-state index in [0.29, 0.717) is 6.10 Å². The number of hydrogen-bond acceptors (Lipinski definition) is 3. The van der Waals surface area contributed by atoms with Gasteiger partial charge in [0.25, 0.3) is 0 Å². The van der Waals surface area contributed by atoms with Crippen LogP contribution < -0.4 is 4.74 Å². The maximum Gasteiger partial charge on any atom is 0.124 e. The van der Waals surface area contributed by atoms with E-state index >= 15 is 0 Å². The third kappa shape index (κ3) is 3.02. The fourth-order valence-corrected chi connectivity index (χ4v) is 2.43. The van der Waals surface area contributed by atoms with Crippen molar-refractivity contribution in [2.75, 3.05) is 13.1 Å². The third-order valence-corrected chi connectivity index (χ3v) is 3.65. The van der Waals surface area contributed by atoms with E-state index in [1.165, 1.54) is 5.56 Å². The topological polar surface area (TPSA) is 30.3 Å². The Morgan fingerprint density at radius 3 is 2.60 bits per heavy atom. The minimum absolute atomic E-state index is 0.311. The molecule has 4 heteroatoms. The second-order valence-electron chi connectivity index (χ2n) is 5.41. The van der Waals surface area contributed by atoms with Gasteiger partial charge in [-0.25, -0.2) is 0 Å². The second-order valence-corrected chi connectivity index (χ2v) is 5.41. The number of benzene rings is 1. The molecule has 2 heterocycles. The van der Waals surface area contributed by atoms with E-state index in [-0.39, 0.29) is 0 Å². The van der Waals surface area contributed by atoms with Gasteiger partial charge in [0.2, 0.25) is 0 Å². The molecule has 0 saturated carbocycles. The molecule has 0 spiro atoms. The molecule has 0 bridgehead atoms. The number of aryl methyl sites for hydroxylation is 2. The summed E-state index contributed by atoms with van der Waals surface area (Å²) in [6.45, 7) is 8.00. The second kappa shape index (κ2) is 5.67. The first-order valence-corrected chi connectivity index (χ1v) is 7.21. The Morgan fingerprint density at radius 2 is 1.95 bits per heavy atom. The van der Waals surface area contributed by atoms with Crippen LogP contribution in [-0.2, 0) is 13.1 Å². The highest BCUT2D eigenvalue weighted by molar-refractivity contribution is 5.26. The van der Waals surface area contributed by atoms with Gasteiger partial charge >= 0.3 is 0 Å². The van der Waals surface area contributed by atoms with Crippen molar-refractivity contribution in [1.29, 1.82) is 0 Å². The van der Waals surface area contributed by atoms with Gasteiger partial charge in [-0.05, 0) is 32.0 Å². The highest BCUT2D eigenvalue weighted by Gasteiger charge is 2.28. The maximum absolute atomic E-state index is 5.93. The Bertz CT molecular complexity index is 555. The van der Waals surface area contributed by atoms with E-state index in [0.717, 1.165) is 37.6 Å². The molecule has 0 unspecified atom stereocenters. The number of likely N-dealkylation sites (tertiary alicyclic amines) is 1. The summed E-state index contributed by atoms with van der Waals surface area (Å²) in [6.07, 6.45) is 2.35. The van der Waals surface area contributed by atoms with Gasteiger partial charge in [0.1, 0.15) is 11.9 Å². The van der Waals surface area contributed by atoms with Crippen LogP contribution in [0.1, 0.15) is 18.2 Å². The fraction of sp³-hybridized carbons (Fsp3) is 0.438. The number of aromatic nitrogens is 2. The van der Waals surface area contributed by atoms with Crippen molar-refractivity contribution in [2.24, 2.45) is 0 Å². The van der Waals surface area contributed by atoms with Crippen LogP contribution in [0.2, 0.25) is 0 Å². The van der Waals surface area contributed by atoms with Crippen LogP contribution in [0.25, 0.3) is 0 Å². The van der Waals surface area contributed by atoms with Crippen molar-refractivity contribution in [3.63, 3.8) is 0 Å². The zero-order valence-corrected chi connectivity index (χ0v) is 12.1. The summed E-state index contributed by atoms with van der Waals surface area (Å²) in [6, 6.07) is 10.4. The van der Waals surface area contributed by atoms with Gasteiger partial charge in [-0.2, -0.15) is 5.10 Å². The molecule has 1 aromatic heterocycles. The first-order chi connectivity index (χ1) is 9.72. The molecule has 1 fully saturated rings. The molecule has 1 aromatic carbocycles. The lowest BCUT2D eigenvalue weighted by molar-refractivity contribution is 0.0137. The third-order valence-electron chi connectivity index (χ3n) is 3.65. The zero-order chi connectivity index (χ0) is 13.9. The number of hydrogen-bond donors (Lipinski definition) is 0. The van der Waals surface area contributed by atoms with Gasteiger partial charge in [-0.1, -0.05) is 17.7 Å². The van der Waals surface area contributed by atoms with Crippen LogP contribution >= 0.6 is 0 Å². The van der Waals surface area contributed by atoms with Crippen LogP contribution in [0, 0.1) is 6.92 Å². The summed E-state index contributed by atoms with van der Waals surface area (Å²) < 4.78 is 7.90. The molecule has 0 atom stereocenters. The minimum atomic E-state index is 0.311. The molecular weight excluding hydrogens is 250 g/mol. The highest BCUT2D eigenvalue weighted by Crippen LogP contribution is 2.19. The number of rotatable bonds is 5. The molecule has 1 aliphatic heterocycles. The van der Waals surface area contributed by atoms with Crippen LogP contribution in [-0.4, -0.2) is 33.9 Å². The van der Waals surface area contributed by atoms with Crippen molar-refractivity contribution in [2.45, 2.75) is 33.0 Å². The first-order valence-electron chi connectivity index (χ1n) is 7.21. The van der Waals surface area contributed by atoms with Crippen LogP contribution in [0.5, 0.6) is 5.75 Å². The van der Waals surface area contributed by atoms with Crippen molar-refractivity contribution >= 4 is 0 Å². The molecule has 3 rings (SSSR count). The summed E-state index contributed by atoms with van der Waals surface area (Å²) in [5.74, 6) is 0.968. The maximum atomic E-state index is 5.93. The van der Waals surface area contributed by atoms with Crippen molar-refractivity contribution in [3.8, 4) is 5.75 Å². The van der Waals surface area contributed by atoms with E-state index in [1.807, 2.05) is 23.0 Å². The standard InChI is InChI=1S/C16H21N3O/c1-3-19-9-8-14(17-19)10-18-11-16(12-18)20-15-6-4-13(2)5-7-15/h4-9,16H,3,10-12H2,1-2H3. The summed E-state index contributed by atoms with van der Waals surface area (Å²) in [7, 11) is 0. The summed E-state index contributed by atoms with van der Waals surface area (Å²) >= 11 is 0. The minimum Gasteiger partial charge on any atom is -0.488 e. The van der Waals surface area contributed by atoms with Gasteiger partial charge in [-0.15, -0.1) is 0 Å². The normalized spacial score (nSPS) is 16.1. The Labute approximate surface area is 120 Å². The molecule has 0 radical (unpaired) electrons. The lowest BCUT2D eigenvalue weighted by Crippen LogP contribution is -2.53. The predicted octanol–water partition coefficient (Wildman–Crippen LogP) is 2.47. The monoisotopic (exact) mass is 271 g/mol. The zero-order valence-electron chi connectivity index (χ0n) is 12.1. The lowest BCUT2D eigenvalue weighted by atomic mass is 10.1. The van der Waals surface area contributed by atoms with Gasteiger partial charge < -0.3 is 4.74 Å². The number of ether oxygens (including phenoxy) is 1. The SMILES string of the molecule is CCn1ccc(CN2CC(Oc3ccc(C)cc3)C2)n1. The van der Waals surface area contributed by atoms with Gasteiger partial charge in [0, 0.05) is 32.4 Å². The van der Waals surface area contributed by atoms with Crippen molar-refractivity contribution < 1.29 is 4.74 Å². The molecule has 4 nitrogen and oxygen atoms in total. The molecule has 1 saturated heterocycles. The first kappa shape index (κ1) is 13.2. The van der Waals surface area contributed by atoms with Gasteiger partial charge in [-0.3, -0.25) is 9.58 Å². The van der Waals surface area contributed by atoms with E-state index in [2.05, 4.69) is 42.0 Å². The largest absolute Gasteiger partial charge is 0.488 e. The molecule has 0 N–H and O–H groups in total. The van der Waals surface area contributed by atoms with Crippen LogP contribution in [0.15, 0.2) is 36.5 Å². The van der Waals surface area contributed by atoms with E-state index < -0.39 is 0 Å². The average Bonchev–Trinajstić information content (AvgIpc) is 2.86. The van der Waals surface area contributed by atoms with Gasteiger partial charge in [0.15, 0.2) is 0 Å². The molecule has 1 aliphatic rings. The number of nitrogens with zero attached hydrogens (tertiary/aromatic N) is 3. The summed E-state index contributed by atoms with van der Waals surface area (Å²) in [5, 5.41) is 4.50. The fourth-order valence-electron chi connectivity index (χ4n) is 2.43. The Kier molecular flexibility index (Phi) is 3.74. The smallest absolute Gasteiger partial charge is 0.124 e. The quantitative estimate of drug-likeness (QED) is 0.837. The lowest BCUT2D eigenvalue weighted by Gasteiger charge is -2.38. The van der Waals surface area contributed by atoms with Crippen molar-refractivity contribution in [3.05, 3.63) is 47.8 Å². The molecule has 2 aromatic rings. The van der Waals surface area contributed by atoms with Crippen LogP contribution in [0.3, 0.4) is 0 Å². The molecule has 0 amide bonds. The van der Waals surface area contributed by atoms with Gasteiger partial charge in [0.05, 0.1) is 5.69 Å². The Morgan fingerprint density at radius 1 is 1.20 bits per heavy atom. The molecular formula is C16H21N3O. The summed E-state index contributed by atoms with van der Waals surface area (Å²) in [4.78, 5) is 2.36. The highest BCUT2D eigenvalue weighted by atomic mass is 16.5. The summed E-state index contributed by atoms with van der Waals surface area (Å²) in [5.41, 5.74) is 2.40. The average molecular weight is 271 g/mol. The van der Waals surface area contributed by atoms with E-state index in [9.17, 15) is 0 Å². The van der Waals surface area contributed by atoms with Crippen molar-refractivity contribution in [1.82, 2.24) is 14.7 Å². The molecule has 0 aliphatic carbocycles. The van der Waals surface area contributed by atoms with Crippen LogP contribution in [0.4, 0.5) is 0 Å². The van der Waals surface area contributed by atoms with E-state index in [1.54, 1.807) is 0 Å². The molecule has 106 valence electrons. The Balaban J connectivity index is 1.45. The van der Waals surface area contributed by atoms with E-state index in [4.69, 9.17) is 4.74 Å².